The second kappa shape index (κ2) is 8.36. The van der Waals surface area contributed by atoms with E-state index in [1.165, 1.54) is 18.4 Å². The Morgan fingerprint density at radius 1 is 1.17 bits per heavy atom. The molecule has 1 fully saturated rings. The molecule has 1 aliphatic heterocycles. The van der Waals surface area contributed by atoms with Gasteiger partial charge in [0.05, 0.1) is 19.4 Å². The van der Waals surface area contributed by atoms with Gasteiger partial charge in [-0.25, -0.2) is 0 Å². The predicted molar refractivity (Wildman–Crippen MR) is 96.4 cm³/mol. The summed E-state index contributed by atoms with van der Waals surface area (Å²) in [5.74, 6) is 2.03. The van der Waals surface area contributed by atoms with Crippen LogP contribution in [-0.4, -0.2) is 37.7 Å². The standard InChI is InChI=1S/C20H28N2O2/c1-16(14-17-8-3-4-9-19(17)23-2)21-15-18(20-10-7-13-24-20)22-11-5-6-12-22/h3-4,7-10,13,16,18,21H,5-6,11-12,14-15H2,1-2H3. The Hall–Kier alpha value is -1.78. The molecule has 2 unspecified atom stereocenters. The molecule has 24 heavy (non-hydrogen) atoms. The molecule has 2 heterocycles. The minimum Gasteiger partial charge on any atom is -0.496 e. The van der Waals surface area contributed by atoms with Crippen molar-refractivity contribution < 1.29 is 9.15 Å². The van der Waals surface area contributed by atoms with Gasteiger partial charge in [-0.15, -0.1) is 0 Å². The van der Waals surface area contributed by atoms with Crippen LogP contribution in [-0.2, 0) is 6.42 Å². The van der Waals surface area contributed by atoms with Crippen molar-refractivity contribution in [2.75, 3.05) is 26.7 Å². The number of para-hydroxylation sites is 1. The van der Waals surface area contributed by atoms with Gasteiger partial charge in [0.15, 0.2) is 0 Å². The van der Waals surface area contributed by atoms with Crippen molar-refractivity contribution >= 4 is 0 Å². The number of nitrogens with one attached hydrogen (secondary N) is 1. The van der Waals surface area contributed by atoms with Crippen LogP contribution in [0.5, 0.6) is 5.75 Å². The van der Waals surface area contributed by atoms with Crippen molar-refractivity contribution in [3.8, 4) is 5.75 Å². The van der Waals surface area contributed by atoms with E-state index in [2.05, 4.69) is 35.3 Å². The lowest BCUT2D eigenvalue weighted by Gasteiger charge is -2.27. The molecule has 2 aromatic rings. The van der Waals surface area contributed by atoms with Gasteiger partial charge in [-0.2, -0.15) is 0 Å². The van der Waals surface area contributed by atoms with E-state index in [0.29, 0.717) is 12.1 Å². The molecule has 2 atom stereocenters. The van der Waals surface area contributed by atoms with Crippen LogP contribution in [0.2, 0.25) is 0 Å². The van der Waals surface area contributed by atoms with Gasteiger partial charge in [-0.3, -0.25) is 4.90 Å². The van der Waals surface area contributed by atoms with E-state index in [-0.39, 0.29) is 0 Å². The molecule has 1 aliphatic rings. The zero-order chi connectivity index (χ0) is 16.8. The third-order valence-corrected chi connectivity index (χ3v) is 4.83. The Labute approximate surface area is 144 Å². The highest BCUT2D eigenvalue weighted by Gasteiger charge is 2.25. The van der Waals surface area contributed by atoms with E-state index in [1.54, 1.807) is 13.4 Å². The summed E-state index contributed by atoms with van der Waals surface area (Å²) in [7, 11) is 1.73. The normalized spacial score (nSPS) is 17.8. The molecule has 0 bridgehead atoms. The lowest BCUT2D eigenvalue weighted by molar-refractivity contribution is 0.205. The number of likely N-dealkylation sites (tertiary alicyclic amines) is 1. The fraction of sp³-hybridized carbons (Fsp3) is 0.500. The summed E-state index contributed by atoms with van der Waals surface area (Å²) in [6.45, 7) is 5.46. The molecule has 1 N–H and O–H groups in total. The highest BCUT2D eigenvalue weighted by Crippen LogP contribution is 2.25. The first-order valence-electron chi connectivity index (χ1n) is 8.90. The van der Waals surface area contributed by atoms with Crippen LogP contribution in [0.15, 0.2) is 47.1 Å². The van der Waals surface area contributed by atoms with Crippen molar-refractivity contribution in [1.29, 1.82) is 0 Å². The van der Waals surface area contributed by atoms with Crippen LogP contribution in [0.3, 0.4) is 0 Å². The fourth-order valence-corrected chi connectivity index (χ4v) is 3.53. The zero-order valence-corrected chi connectivity index (χ0v) is 14.7. The maximum Gasteiger partial charge on any atom is 0.122 e. The van der Waals surface area contributed by atoms with Crippen LogP contribution >= 0.6 is 0 Å². The topological polar surface area (TPSA) is 37.6 Å². The number of furan rings is 1. The molecular formula is C20H28N2O2. The van der Waals surface area contributed by atoms with Crippen molar-refractivity contribution in [3.63, 3.8) is 0 Å². The Kier molecular flexibility index (Phi) is 5.94. The third kappa shape index (κ3) is 4.19. The SMILES string of the molecule is COc1ccccc1CC(C)NCC(c1ccco1)N1CCCC1. The molecule has 4 nitrogen and oxygen atoms in total. The summed E-state index contributed by atoms with van der Waals surface area (Å²) in [5.41, 5.74) is 1.25. The quantitative estimate of drug-likeness (QED) is 0.803. The molecule has 4 heteroatoms. The Morgan fingerprint density at radius 3 is 2.67 bits per heavy atom. The van der Waals surface area contributed by atoms with Crippen molar-refractivity contribution in [3.05, 3.63) is 54.0 Å². The van der Waals surface area contributed by atoms with Crippen molar-refractivity contribution in [2.45, 2.75) is 38.3 Å². The number of hydrogen-bond donors (Lipinski definition) is 1. The van der Waals surface area contributed by atoms with E-state index in [0.717, 1.165) is 37.6 Å². The molecule has 1 aromatic carbocycles. The monoisotopic (exact) mass is 328 g/mol. The van der Waals surface area contributed by atoms with Crippen molar-refractivity contribution in [2.24, 2.45) is 0 Å². The van der Waals surface area contributed by atoms with Crippen LogP contribution in [0, 0.1) is 0 Å². The highest BCUT2D eigenvalue weighted by molar-refractivity contribution is 5.33. The number of benzene rings is 1. The second-order valence-corrected chi connectivity index (χ2v) is 6.60. The first kappa shape index (κ1) is 17.1. The summed E-state index contributed by atoms with van der Waals surface area (Å²) in [6.07, 6.45) is 5.30. The molecule has 0 radical (unpaired) electrons. The molecule has 130 valence electrons. The van der Waals surface area contributed by atoms with Gasteiger partial charge >= 0.3 is 0 Å². The van der Waals surface area contributed by atoms with Gasteiger partial charge in [0.25, 0.3) is 0 Å². The number of nitrogens with zero attached hydrogens (tertiary/aromatic N) is 1. The van der Waals surface area contributed by atoms with E-state index in [9.17, 15) is 0 Å². The van der Waals surface area contributed by atoms with Crippen LogP contribution in [0.25, 0.3) is 0 Å². The Balaban J connectivity index is 1.59. The number of methoxy groups -OCH3 is 1. The molecule has 3 rings (SSSR count). The second-order valence-electron chi connectivity index (χ2n) is 6.60. The van der Waals surface area contributed by atoms with Crippen molar-refractivity contribution in [1.82, 2.24) is 10.2 Å². The predicted octanol–water partition coefficient (Wildman–Crippen LogP) is 3.65. The minimum absolute atomic E-state index is 0.322. The maximum absolute atomic E-state index is 5.69. The number of hydrogen-bond acceptors (Lipinski definition) is 4. The van der Waals surface area contributed by atoms with E-state index < -0.39 is 0 Å². The molecule has 0 amide bonds. The van der Waals surface area contributed by atoms with Gasteiger partial charge in [0, 0.05) is 12.6 Å². The number of ether oxygens (including phenoxy) is 1. The first-order chi connectivity index (χ1) is 11.8. The molecular weight excluding hydrogens is 300 g/mol. The lowest BCUT2D eigenvalue weighted by Crippen LogP contribution is -2.38. The Morgan fingerprint density at radius 2 is 1.96 bits per heavy atom. The van der Waals surface area contributed by atoms with Crippen LogP contribution in [0.4, 0.5) is 0 Å². The van der Waals surface area contributed by atoms with Gasteiger partial charge in [0.1, 0.15) is 11.5 Å². The molecule has 0 aliphatic carbocycles. The summed E-state index contributed by atoms with van der Waals surface area (Å²) < 4.78 is 11.2. The number of rotatable bonds is 8. The summed E-state index contributed by atoms with van der Waals surface area (Å²) >= 11 is 0. The van der Waals surface area contributed by atoms with Gasteiger partial charge in [-0.1, -0.05) is 18.2 Å². The molecule has 1 saturated heterocycles. The minimum atomic E-state index is 0.322. The van der Waals surface area contributed by atoms with Crippen LogP contribution in [0.1, 0.15) is 37.1 Å². The molecule has 0 spiro atoms. The third-order valence-electron chi connectivity index (χ3n) is 4.83. The summed E-state index contributed by atoms with van der Waals surface area (Å²) in [5, 5.41) is 3.69. The smallest absolute Gasteiger partial charge is 0.122 e. The van der Waals surface area contributed by atoms with E-state index in [1.807, 2.05) is 18.2 Å². The van der Waals surface area contributed by atoms with Crippen LogP contribution < -0.4 is 10.1 Å². The fourth-order valence-electron chi connectivity index (χ4n) is 3.53. The average Bonchev–Trinajstić information content (AvgIpc) is 3.30. The van der Waals surface area contributed by atoms with Gasteiger partial charge in [-0.05, 0) is 63.0 Å². The zero-order valence-electron chi connectivity index (χ0n) is 14.7. The van der Waals surface area contributed by atoms with Gasteiger partial charge < -0.3 is 14.5 Å². The lowest BCUT2D eigenvalue weighted by atomic mass is 10.1. The maximum atomic E-state index is 5.69. The highest BCUT2D eigenvalue weighted by atomic mass is 16.5. The van der Waals surface area contributed by atoms with E-state index >= 15 is 0 Å². The van der Waals surface area contributed by atoms with Gasteiger partial charge in [0.2, 0.25) is 0 Å². The Bertz CT molecular complexity index is 606. The van der Waals surface area contributed by atoms with E-state index in [4.69, 9.17) is 9.15 Å². The summed E-state index contributed by atoms with van der Waals surface area (Å²) in [6, 6.07) is 13.0. The molecule has 0 saturated carbocycles. The molecule has 1 aromatic heterocycles. The average molecular weight is 328 g/mol. The first-order valence-corrected chi connectivity index (χ1v) is 8.90. The summed E-state index contributed by atoms with van der Waals surface area (Å²) in [4.78, 5) is 2.53. The largest absolute Gasteiger partial charge is 0.496 e.